The second-order valence-corrected chi connectivity index (χ2v) is 4.80. The van der Waals surface area contributed by atoms with E-state index in [4.69, 9.17) is 16.0 Å². The highest BCUT2D eigenvalue weighted by Crippen LogP contribution is 2.30. The molecule has 1 aromatic carbocycles. The zero-order valence-electron chi connectivity index (χ0n) is 10.5. The van der Waals surface area contributed by atoms with Gasteiger partial charge in [-0.2, -0.15) is 0 Å². The molecule has 3 aromatic rings. The van der Waals surface area contributed by atoms with Crippen LogP contribution in [-0.2, 0) is 0 Å². The summed E-state index contributed by atoms with van der Waals surface area (Å²) in [6.45, 7) is 3.65. The number of hydrogen-bond donors (Lipinski definition) is 1. The average Bonchev–Trinajstić information content (AvgIpc) is 2.79. The van der Waals surface area contributed by atoms with Crippen LogP contribution >= 0.6 is 11.6 Å². The second kappa shape index (κ2) is 4.24. The lowest BCUT2D eigenvalue weighted by Gasteiger charge is -2.00. The zero-order valence-corrected chi connectivity index (χ0v) is 11.2. The van der Waals surface area contributed by atoms with Crippen molar-refractivity contribution in [3.8, 4) is 11.5 Å². The highest BCUT2D eigenvalue weighted by molar-refractivity contribution is 6.34. The Morgan fingerprint density at radius 2 is 2.11 bits per heavy atom. The molecule has 0 radical (unpaired) electrons. The molecule has 0 amide bonds. The van der Waals surface area contributed by atoms with Crippen LogP contribution in [0.4, 0.5) is 0 Å². The Labute approximate surface area is 114 Å². The van der Waals surface area contributed by atoms with Gasteiger partial charge in [-0.25, -0.2) is 4.98 Å². The Bertz CT molecular complexity index is 833. The molecule has 3 rings (SSSR count). The molecule has 2 aromatic heterocycles. The standard InChI is InChI=1S/C14H11ClN2O2/c1-7-8(2)17-14(18)12(16-7)11-6-9-4-3-5-10(15)13(9)19-11/h3-6H,1-2H3,(H,17,18). The van der Waals surface area contributed by atoms with Crippen molar-refractivity contribution in [3.63, 3.8) is 0 Å². The van der Waals surface area contributed by atoms with E-state index >= 15 is 0 Å². The fourth-order valence-corrected chi connectivity index (χ4v) is 2.15. The summed E-state index contributed by atoms with van der Waals surface area (Å²) >= 11 is 6.05. The number of furan rings is 1. The van der Waals surface area contributed by atoms with Crippen LogP contribution in [0.3, 0.4) is 0 Å². The van der Waals surface area contributed by atoms with E-state index in [1.807, 2.05) is 26.0 Å². The lowest BCUT2D eigenvalue weighted by Crippen LogP contribution is -2.13. The number of para-hydroxylation sites is 1. The van der Waals surface area contributed by atoms with Crippen molar-refractivity contribution in [3.05, 3.63) is 51.0 Å². The van der Waals surface area contributed by atoms with Gasteiger partial charge in [0.25, 0.3) is 5.56 Å². The van der Waals surface area contributed by atoms with Crippen LogP contribution in [-0.4, -0.2) is 9.97 Å². The number of nitrogens with one attached hydrogen (secondary N) is 1. The summed E-state index contributed by atoms with van der Waals surface area (Å²) in [5.41, 5.74) is 2.09. The van der Waals surface area contributed by atoms with Crippen molar-refractivity contribution in [2.75, 3.05) is 0 Å². The zero-order chi connectivity index (χ0) is 13.6. The van der Waals surface area contributed by atoms with E-state index in [0.717, 1.165) is 16.8 Å². The molecule has 0 saturated carbocycles. The Kier molecular flexibility index (Phi) is 2.68. The van der Waals surface area contributed by atoms with Gasteiger partial charge in [-0.15, -0.1) is 0 Å². The maximum atomic E-state index is 11.9. The van der Waals surface area contributed by atoms with Crippen molar-refractivity contribution in [1.82, 2.24) is 9.97 Å². The molecule has 4 nitrogen and oxygen atoms in total. The number of aromatic nitrogens is 2. The average molecular weight is 275 g/mol. The molecule has 0 saturated heterocycles. The van der Waals surface area contributed by atoms with Crippen molar-refractivity contribution < 1.29 is 4.42 Å². The number of hydrogen-bond acceptors (Lipinski definition) is 3. The number of aryl methyl sites for hydroxylation is 2. The van der Waals surface area contributed by atoms with E-state index in [1.165, 1.54) is 0 Å². The van der Waals surface area contributed by atoms with Crippen LogP contribution in [0.1, 0.15) is 11.4 Å². The molecule has 19 heavy (non-hydrogen) atoms. The van der Waals surface area contributed by atoms with Crippen molar-refractivity contribution in [2.45, 2.75) is 13.8 Å². The first-order valence-corrected chi connectivity index (χ1v) is 6.20. The first-order valence-electron chi connectivity index (χ1n) is 5.82. The quantitative estimate of drug-likeness (QED) is 0.739. The lowest BCUT2D eigenvalue weighted by molar-refractivity contribution is 0.626. The number of fused-ring (bicyclic) bond motifs is 1. The number of nitrogens with zero attached hydrogens (tertiary/aromatic N) is 1. The first-order chi connectivity index (χ1) is 9.06. The van der Waals surface area contributed by atoms with Gasteiger partial charge in [-0.1, -0.05) is 23.7 Å². The van der Waals surface area contributed by atoms with Crippen LogP contribution in [0.5, 0.6) is 0 Å². The van der Waals surface area contributed by atoms with E-state index in [2.05, 4.69) is 9.97 Å². The van der Waals surface area contributed by atoms with Crippen LogP contribution < -0.4 is 5.56 Å². The highest BCUT2D eigenvalue weighted by Gasteiger charge is 2.14. The van der Waals surface area contributed by atoms with Crippen molar-refractivity contribution in [1.29, 1.82) is 0 Å². The van der Waals surface area contributed by atoms with E-state index < -0.39 is 0 Å². The Balaban J connectivity index is 2.28. The summed E-state index contributed by atoms with van der Waals surface area (Å²) in [7, 11) is 0. The summed E-state index contributed by atoms with van der Waals surface area (Å²) < 4.78 is 5.65. The number of rotatable bonds is 1. The maximum Gasteiger partial charge on any atom is 0.277 e. The number of halogens is 1. The van der Waals surface area contributed by atoms with Gasteiger partial charge in [0.15, 0.2) is 17.0 Å². The molecule has 1 N–H and O–H groups in total. The maximum absolute atomic E-state index is 11.9. The number of benzene rings is 1. The minimum Gasteiger partial charge on any atom is -0.453 e. The second-order valence-electron chi connectivity index (χ2n) is 4.39. The van der Waals surface area contributed by atoms with Crippen molar-refractivity contribution >= 4 is 22.6 Å². The first kappa shape index (κ1) is 12.0. The predicted molar refractivity (Wildman–Crippen MR) is 74.5 cm³/mol. The molecule has 0 aliphatic rings. The highest BCUT2D eigenvalue weighted by atomic mass is 35.5. The molecule has 0 atom stereocenters. The summed E-state index contributed by atoms with van der Waals surface area (Å²) in [5.74, 6) is 0.424. The van der Waals surface area contributed by atoms with Crippen LogP contribution in [0.25, 0.3) is 22.4 Å². The van der Waals surface area contributed by atoms with Gasteiger partial charge in [0.05, 0.1) is 10.7 Å². The Morgan fingerprint density at radius 3 is 2.84 bits per heavy atom. The Hall–Kier alpha value is -2.07. The SMILES string of the molecule is Cc1nc(-c2cc3cccc(Cl)c3o2)c(=O)[nH]c1C. The molecule has 0 spiro atoms. The molecular formula is C14H11ClN2O2. The molecule has 0 fully saturated rings. The van der Waals surface area contributed by atoms with Gasteiger partial charge in [-0.3, -0.25) is 4.79 Å². The molecule has 2 heterocycles. The van der Waals surface area contributed by atoms with E-state index in [-0.39, 0.29) is 11.3 Å². The molecule has 0 aliphatic heterocycles. The number of H-pyrrole nitrogens is 1. The molecule has 96 valence electrons. The molecule has 0 aliphatic carbocycles. The molecule has 0 bridgehead atoms. The van der Waals surface area contributed by atoms with Gasteiger partial charge >= 0.3 is 0 Å². The van der Waals surface area contributed by atoms with Gasteiger partial charge < -0.3 is 9.40 Å². The summed E-state index contributed by atoms with van der Waals surface area (Å²) in [6.07, 6.45) is 0. The monoisotopic (exact) mass is 274 g/mol. The van der Waals surface area contributed by atoms with Crippen LogP contribution in [0.2, 0.25) is 5.02 Å². The predicted octanol–water partition coefficient (Wildman–Crippen LogP) is 3.45. The van der Waals surface area contributed by atoms with Gasteiger partial charge in [-0.05, 0) is 26.0 Å². The largest absolute Gasteiger partial charge is 0.453 e. The fourth-order valence-electron chi connectivity index (χ4n) is 1.93. The van der Waals surface area contributed by atoms with Crippen molar-refractivity contribution in [2.24, 2.45) is 0 Å². The van der Waals surface area contributed by atoms with E-state index in [0.29, 0.717) is 16.4 Å². The smallest absolute Gasteiger partial charge is 0.277 e. The summed E-state index contributed by atoms with van der Waals surface area (Å²) in [4.78, 5) is 19.0. The number of aromatic amines is 1. The topological polar surface area (TPSA) is 58.9 Å². The van der Waals surface area contributed by atoms with E-state index in [1.54, 1.807) is 12.1 Å². The fraction of sp³-hybridized carbons (Fsp3) is 0.143. The normalized spacial score (nSPS) is 11.1. The minimum atomic E-state index is -0.265. The minimum absolute atomic E-state index is 0.265. The third-order valence-electron chi connectivity index (χ3n) is 3.07. The van der Waals surface area contributed by atoms with Gasteiger partial charge in [0.1, 0.15) is 0 Å². The third-order valence-corrected chi connectivity index (χ3v) is 3.37. The summed E-state index contributed by atoms with van der Waals surface area (Å²) in [6, 6.07) is 7.23. The Morgan fingerprint density at radius 1 is 1.32 bits per heavy atom. The van der Waals surface area contributed by atoms with E-state index in [9.17, 15) is 4.79 Å². The molecule has 5 heteroatoms. The van der Waals surface area contributed by atoms with Crippen LogP contribution in [0, 0.1) is 13.8 Å². The third kappa shape index (κ3) is 1.94. The van der Waals surface area contributed by atoms with Crippen LogP contribution in [0.15, 0.2) is 33.5 Å². The van der Waals surface area contributed by atoms with Gasteiger partial charge in [0, 0.05) is 11.1 Å². The van der Waals surface area contributed by atoms with Gasteiger partial charge in [0.2, 0.25) is 0 Å². The molecular weight excluding hydrogens is 264 g/mol. The molecule has 0 unspecified atom stereocenters. The lowest BCUT2D eigenvalue weighted by atomic mass is 10.2. The summed E-state index contributed by atoms with van der Waals surface area (Å²) in [5, 5.41) is 1.37.